The van der Waals surface area contributed by atoms with Crippen LogP contribution in [0.5, 0.6) is 0 Å². The number of thioether (sulfide) groups is 1. The Bertz CT molecular complexity index is 118. The molecular formula is C8H18N2OS. The SMILES string of the molecule is CSCCC(NN)C1CCOC1. The van der Waals surface area contributed by atoms with E-state index in [1.807, 2.05) is 11.8 Å². The van der Waals surface area contributed by atoms with Gasteiger partial charge in [0.15, 0.2) is 0 Å². The molecule has 0 saturated carbocycles. The number of nitrogens with one attached hydrogen (secondary N) is 1. The van der Waals surface area contributed by atoms with Gasteiger partial charge < -0.3 is 4.74 Å². The van der Waals surface area contributed by atoms with Crippen molar-refractivity contribution in [2.24, 2.45) is 11.8 Å². The van der Waals surface area contributed by atoms with E-state index >= 15 is 0 Å². The van der Waals surface area contributed by atoms with Crippen LogP contribution in [0.25, 0.3) is 0 Å². The fraction of sp³-hybridized carbons (Fsp3) is 1.00. The number of rotatable bonds is 5. The van der Waals surface area contributed by atoms with Gasteiger partial charge in [-0.1, -0.05) is 0 Å². The Balaban J connectivity index is 2.22. The van der Waals surface area contributed by atoms with Crippen molar-refractivity contribution in [1.29, 1.82) is 0 Å². The van der Waals surface area contributed by atoms with Gasteiger partial charge in [0.25, 0.3) is 0 Å². The van der Waals surface area contributed by atoms with E-state index in [9.17, 15) is 0 Å². The Hall–Kier alpha value is 0.230. The van der Waals surface area contributed by atoms with Crippen molar-refractivity contribution in [3.05, 3.63) is 0 Å². The van der Waals surface area contributed by atoms with Crippen LogP contribution in [-0.4, -0.2) is 31.3 Å². The third-order valence-electron chi connectivity index (χ3n) is 2.38. The fourth-order valence-electron chi connectivity index (χ4n) is 1.57. The van der Waals surface area contributed by atoms with E-state index in [-0.39, 0.29) is 0 Å². The second-order valence-electron chi connectivity index (χ2n) is 3.18. The molecule has 2 unspecified atom stereocenters. The van der Waals surface area contributed by atoms with Crippen molar-refractivity contribution in [2.75, 3.05) is 25.2 Å². The van der Waals surface area contributed by atoms with Crippen molar-refractivity contribution in [3.63, 3.8) is 0 Å². The summed E-state index contributed by atoms with van der Waals surface area (Å²) in [5.41, 5.74) is 2.89. The summed E-state index contributed by atoms with van der Waals surface area (Å²) in [4.78, 5) is 0. The van der Waals surface area contributed by atoms with E-state index in [2.05, 4.69) is 11.7 Å². The molecule has 0 spiro atoms. The second kappa shape index (κ2) is 5.80. The van der Waals surface area contributed by atoms with Crippen LogP contribution in [0.3, 0.4) is 0 Å². The number of nitrogens with two attached hydrogens (primary N) is 1. The van der Waals surface area contributed by atoms with E-state index in [1.54, 1.807) is 0 Å². The van der Waals surface area contributed by atoms with Gasteiger partial charge in [-0.3, -0.25) is 11.3 Å². The zero-order chi connectivity index (χ0) is 8.81. The molecule has 3 N–H and O–H groups in total. The highest BCUT2D eigenvalue weighted by Crippen LogP contribution is 2.19. The van der Waals surface area contributed by atoms with Crippen molar-refractivity contribution in [3.8, 4) is 0 Å². The molecule has 3 nitrogen and oxygen atoms in total. The highest BCUT2D eigenvalue weighted by Gasteiger charge is 2.24. The Labute approximate surface area is 78.4 Å². The largest absolute Gasteiger partial charge is 0.381 e. The quantitative estimate of drug-likeness (QED) is 0.492. The third kappa shape index (κ3) is 2.94. The van der Waals surface area contributed by atoms with Crippen LogP contribution in [0, 0.1) is 5.92 Å². The Morgan fingerprint density at radius 1 is 1.75 bits per heavy atom. The van der Waals surface area contributed by atoms with Crippen LogP contribution in [0.4, 0.5) is 0 Å². The molecule has 1 aliphatic heterocycles. The topological polar surface area (TPSA) is 47.3 Å². The van der Waals surface area contributed by atoms with Crippen molar-refractivity contribution < 1.29 is 4.74 Å². The van der Waals surface area contributed by atoms with Gasteiger partial charge in [0, 0.05) is 18.6 Å². The van der Waals surface area contributed by atoms with Gasteiger partial charge in [0.05, 0.1) is 6.61 Å². The number of ether oxygens (including phenoxy) is 1. The maximum Gasteiger partial charge on any atom is 0.0510 e. The first-order valence-electron chi connectivity index (χ1n) is 4.41. The van der Waals surface area contributed by atoms with Crippen LogP contribution in [0.1, 0.15) is 12.8 Å². The molecule has 1 fully saturated rings. The van der Waals surface area contributed by atoms with Gasteiger partial charge in [-0.05, 0) is 24.9 Å². The number of hydrazine groups is 1. The Morgan fingerprint density at radius 3 is 3.08 bits per heavy atom. The van der Waals surface area contributed by atoms with Gasteiger partial charge >= 0.3 is 0 Å². The smallest absolute Gasteiger partial charge is 0.0510 e. The lowest BCUT2D eigenvalue weighted by molar-refractivity contribution is 0.176. The first kappa shape index (κ1) is 10.3. The van der Waals surface area contributed by atoms with E-state index in [0.29, 0.717) is 12.0 Å². The molecule has 4 heteroatoms. The zero-order valence-electron chi connectivity index (χ0n) is 7.58. The van der Waals surface area contributed by atoms with E-state index in [0.717, 1.165) is 26.1 Å². The molecule has 0 aromatic carbocycles. The van der Waals surface area contributed by atoms with Crippen LogP contribution < -0.4 is 11.3 Å². The molecule has 1 aliphatic rings. The summed E-state index contributed by atoms with van der Waals surface area (Å²) < 4.78 is 5.32. The summed E-state index contributed by atoms with van der Waals surface area (Å²) in [5.74, 6) is 7.28. The lowest BCUT2D eigenvalue weighted by Crippen LogP contribution is -2.41. The molecule has 0 amide bonds. The molecule has 12 heavy (non-hydrogen) atoms. The molecule has 1 heterocycles. The molecule has 0 radical (unpaired) electrons. The molecule has 1 saturated heterocycles. The van der Waals surface area contributed by atoms with Gasteiger partial charge in [-0.2, -0.15) is 11.8 Å². The predicted octanol–water partition coefficient (Wildman–Crippen LogP) is 0.608. The van der Waals surface area contributed by atoms with Gasteiger partial charge in [-0.25, -0.2) is 0 Å². The summed E-state index contributed by atoms with van der Waals surface area (Å²) in [7, 11) is 0. The van der Waals surface area contributed by atoms with Gasteiger partial charge in [-0.15, -0.1) is 0 Å². The van der Waals surface area contributed by atoms with Crippen LogP contribution in [0.2, 0.25) is 0 Å². The predicted molar refractivity (Wildman–Crippen MR) is 53.0 cm³/mol. The summed E-state index contributed by atoms with van der Waals surface area (Å²) in [5, 5.41) is 0. The highest BCUT2D eigenvalue weighted by molar-refractivity contribution is 7.98. The average molecular weight is 190 g/mol. The minimum absolute atomic E-state index is 0.444. The minimum atomic E-state index is 0.444. The van der Waals surface area contributed by atoms with Gasteiger partial charge in [0.2, 0.25) is 0 Å². The molecule has 72 valence electrons. The Kier molecular flexibility index (Phi) is 4.99. The summed E-state index contributed by atoms with van der Waals surface area (Å²) in [6, 6.07) is 0.444. The van der Waals surface area contributed by atoms with Crippen molar-refractivity contribution >= 4 is 11.8 Å². The van der Waals surface area contributed by atoms with Gasteiger partial charge in [0.1, 0.15) is 0 Å². The van der Waals surface area contributed by atoms with Crippen molar-refractivity contribution in [2.45, 2.75) is 18.9 Å². The monoisotopic (exact) mass is 190 g/mol. The zero-order valence-corrected chi connectivity index (χ0v) is 8.40. The summed E-state index contributed by atoms with van der Waals surface area (Å²) in [6.07, 6.45) is 4.42. The maximum atomic E-state index is 5.48. The molecular weight excluding hydrogens is 172 g/mol. The van der Waals surface area contributed by atoms with Crippen molar-refractivity contribution in [1.82, 2.24) is 5.43 Å². The lowest BCUT2D eigenvalue weighted by atomic mass is 9.98. The van der Waals surface area contributed by atoms with E-state index in [4.69, 9.17) is 10.6 Å². The molecule has 0 bridgehead atoms. The van der Waals surface area contributed by atoms with Crippen LogP contribution in [-0.2, 0) is 4.74 Å². The first-order valence-corrected chi connectivity index (χ1v) is 5.80. The highest BCUT2D eigenvalue weighted by atomic mass is 32.2. The number of hydrogen-bond donors (Lipinski definition) is 2. The molecule has 0 aromatic heterocycles. The lowest BCUT2D eigenvalue weighted by Gasteiger charge is -2.20. The minimum Gasteiger partial charge on any atom is -0.381 e. The fourth-order valence-corrected chi connectivity index (χ4v) is 2.06. The van der Waals surface area contributed by atoms with Crippen LogP contribution in [0.15, 0.2) is 0 Å². The third-order valence-corrected chi connectivity index (χ3v) is 3.02. The summed E-state index contributed by atoms with van der Waals surface area (Å²) >= 11 is 1.87. The van der Waals surface area contributed by atoms with E-state index < -0.39 is 0 Å². The molecule has 1 rings (SSSR count). The molecule has 0 aromatic rings. The standard InChI is InChI=1S/C8H18N2OS/c1-12-5-3-8(10-9)7-2-4-11-6-7/h7-8,10H,2-6,9H2,1H3. The first-order chi connectivity index (χ1) is 5.88. The molecule has 0 aliphatic carbocycles. The summed E-state index contributed by atoms with van der Waals surface area (Å²) in [6.45, 7) is 1.78. The van der Waals surface area contributed by atoms with Crippen LogP contribution >= 0.6 is 11.8 Å². The second-order valence-corrected chi connectivity index (χ2v) is 4.16. The maximum absolute atomic E-state index is 5.48. The Morgan fingerprint density at radius 2 is 2.58 bits per heavy atom. The van der Waals surface area contributed by atoms with E-state index in [1.165, 1.54) is 5.75 Å². The average Bonchev–Trinajstić information content (AvgIpc) is 2.59. The molecule has 2 atom stereocenters. The normalized spacial score (nSPS) is 26.0. The number of hydrogen-bond acceptors (Lipinski definition) is 4.